The Bertz CT molecular complexity index is 1060. The number of nitrogens with one attached hydrogen (secondary N) is 1. The van der Waals surface area contributed by atoms with Crippen LogP contribution in [0.3, 0.4) is 0 Å². The smallest absolute Gasteiger partial charge is 0.241 e. The first-order valence-electron chi connectivity index (χ1n) is 9.19. The molecule has 1 aliphatic carbocycles. The number of nitrogens with zero attached hydrogens (tertiary/aromatic N) is 5. The summed E-state index contributed by atoms with van der Waals surface area (Å²) in [6, 6.07) is 8.62. The van der Waals surface area contributed by atoms with Crippen LogP contribution in [-0.2, 0) is 0 Å². The highest BCUT2D eigenvalue weighted by Gasteiger charge is 2.15. The molecule has 0 aromatic carbocycles. The quantitative estimate of drug-likeness (QED) is 0.606. The van der Waals surface area contributed by atoms with Crippen molar-refractivity contribution in [2.75, 3.05) is 5.32 Å². The molecule has 130 valence electrons. The fourth-order valence-corrected chi connectivity index (χ4v) is 3.75. The maximum absolute atomic E-state index is 4.64. The Hall–Kier alpha value is -3.02. The number of fused-ring (bicyclic) bond motifs is 2. The lowest BCUT2D eigenvalue weighted by Gasteiger charge is -2.22. The summed E-state index contributed by atoms with van der Waals surface area (Å²) in [6.07, 6.45) is 13.8. The molecule has 1 N–H and O–H groups in total. The molecule has 0 spiro atoms. The number of hydrogen-bond acceptors (Lipinski definition) is 5. The van der Waals surface area contributed by atoms with E-state index in [0.717, 1.165) is 27.7 Å². The van der Waals surface area contributed by atoms with Crippen LogP contribution < -0.4 is 5.32 Å². The Morgan fingerprint density at radius 1 is 1.00 bits per heavy atom. The SMILES string of the molecule is c1cnc2ncc(-c3ccn4nc(NC5CCCCC5)ncc34)cc2c1. The van der Waals surface area contributed by atoms with E-state index in [9.17, 15) is 0 Å². The Balaban J connectivity index is 1.48. The van der Waals surface area contributed by atoms with Gasteiger partial charge in [-0.2, -0.15) is 0 Å². The van der Waals surface area contributed by atoms with Crippen molar-refractivity contribution in [3.05, 3.63) is 49.1 Å². The maximum Gasteiger partial charge on any atom is 0.241 e. The van der Waals surface area contributed by atoms with Gasteiger partial charge >= 0.3 is 0 Å². The molecule has 1 aliphatic rings. The van der Waals surface area contributed by atoms with E-state index in [4.69, 9.17) is 0 Å². The van der Waals surface area contributed by atoms with Gasteiger partial charge in [-0.3, -0.25) is 0 Å². The zero-order chi connectivity index (χ0) is 17.3. The number of pyridine rings is 2. The van der Waals surface area contributed by atoms with Gasteiger partial charge in [-0.1, -0.05) is 19.3 Å². The van der Waals surface area contributed by atoms with Crippen molar-refractivity contribution in [3.63, 3.8) is 0 Å². The zero-order valence-electron chi connectivity index (χ0n) is 14.5. The number of rotatable bonds is 3. The second-order valence-electron chi connectivity index (χ2n) is 6.89. The summed E-state index contributed by atoms with van der Waals surface area (Å²) in [7, 11) is 0. The van der Waals surface area contributed by atoms with Crippen LogP contribution in [0.4, 0.5) is 5.95 Å². The molecular formula is C20H20N6. The Kier molecular flexibility index (Phi) is 3.74. The van der Waals surface area contributed by atoms with Gasteiger partial charge in [0.15, 0.2) is 5.65 Å². The molecule has 0 atom stereocenters. The molecular weight excluding hydrogens is 324 g/mol. The average molecular weight is 344 g/mol. The summed E-state index contributed by atoms with van der Waals surface area (Å²) in [5.41, 5.74) is 3.86. The summed E-state index contributed by atoms with van der Waals surface area (Å²) >= 11 is 0. The van der Waals surface area contributed by atoms with E-state index in [1.54, 1.807) is 6.20 Å². The summed E-state index contributed by atoms with van der Waals surface area (Å²) < 4.78 is 1.89. The standard InChI is InChI=1S/C20H20N6/c1-2-6-16(7-3-1)24-20-23-13-18-17(8-10-26(18)25-20)15-11-14-5-4-9-21-19(14)22-12-15/h4-5,8-13,16H,1-3,6-7H2,(H,24,25). The molecule has 6 nitrogen and oxygen atoms in total. The largest absolute Gasteiger partial charge is 0.350 e. The molecule has 4 heterocycles. The highest BCUT2D eigenvalue weighted by molar-refractivity contribution is 5.86. The summed E-state index contributed by atoms with van der Waals surface area (Å²) in [5.74, 6) is 0.701. The van der Waals surface area contributed by atoms with Crippen LogP contribution in [0.2, 0.25) is 0 Å². The van der Waals surface area contributed by atoms with Crippen molar-refractivity contribution in [2.24, 2.45) is 0 Å². The van der Waals surface area contributed by atoms with E-state index in [1.165, 1.54) is 32.1 Å². The molecule has 0 amide bonds. The van der Waals surface area contributed by atoms with Gasteiger partial charge in [-0.15, -0.1) is 5.10 Å². The predicted molar refractivity (Wildman–Crippen MR) is 102 cm³/mol. The van der Waals surface area contributed by atoms with Crippen molar-refractivity contribution in [2.45, 2.75) is 38.1 Å². The van der Waals surface area contributed by atoms with E-state index >= 15 is 0 Å². The van der Waals surface area contributed by atoms with Crippen LogP contribution in [0.5, 0.6) is 0 Å². The van der Waals surface area contributed by atoms with Gasteiger partial charge in [-0.25, -0.2) is 19.5 Å². The molecule has 1 saturated carbocycles. The van der Waals surface area contributed by atoms with Crippen LogP contribution in [0.1, 0.15) is 32.1 Å². The first-order chi connectivity index (χ1) is 12.9. The van der Waals surface area contributed by atoms with Gasteiger partial charge in [0.25, 0.3) is 0 Å². The van der Waals surface area contributed by atoms with Crippen LogP contribution in [0.25, 0.3) is 27.7 Å². The van der Waals surface area contributed by atoms with E-state index in [1.807, 2.05) is 35.2 Å². The fourth-order valence-electron chi connectivity index (χ4n) is 3.75. The van der Waals surface area contributed by atoms with Crippen LogP contribution in [0.15, 0.2) is 49.1 Å². The minimum absolute atomic E-state index is 0.494. The van der Waals surface area contributed by atoms with Crippen LogP contribution >= 0.6 is 0 Å². The predicted octanol–water partition coefficient (Wildman–Crippen LogP) is 4.08. The van der Waals surface area contributed by atoms with Gasteiger partial charge in [0.05, 0.1) is 11.7 Å². The molecule has 0 unspecified atom stereocenters. The zero-order valence-corrected chi connectivity index (χ0v) is 14.5. The summed E-state index contributed by atoms with van der Waals surface area (Å²) in [6.45, 7) is 0. The second-order valence-corrected chi connectivity index (χ2v) is 6.89. The first kappa shape index (κ1) is 15.3. The van der Waals surface area contributed by atoms with Crippen molar-refractivity contribution >= 4 is 22.5 Å². The van der Waals surface area contributed by atoms with E-state index in [-0.39, 0.29) is 0 Å². The average Bonchev–Trinajstić information content (AvgIpc) is 3.12. The molecule has 0 radical (unpaired) electrons. The minimum Gasteiger partial charge on any atom is -0.350 e. The van der Waals surface area contributed by atoms with Crippen LogP contribution in [-0.4, -0.2) is 30.6 Å². The van der Waals surface area contributed by atoms with E-state index in [0.29, 0.717) is 12.0 Å². The van der Waals surface area contributed by atoms with E-state index in [2.05, 4.69) is 37.5 Å². The number of anilines is 1. The van der Waals surface area contributed by atoms with Gasteiger partial charge in [0.2, 0.25) is 5.95 Å². The molecule has 26 heavy (non-hydrogen) atoms. The van der Waals surface area contributed by atoms with Gasteiger partial charge < -0.3 is 5.32 Å². The van der Waals surface area contributed by atoms with Crippen molar-refractivity contribution in [1.29, 1.82) is 0 Å². The van der Waals surface area contributed by atoms with Crippen LogP contribution in [0, 0.1) is 0 Å². The third kappa shape index (κ3) is 2.77. The third-order valence-corrected chi connectivity index (χ3v) is 5.12. The van der Waals surface area contributed by atoms with Gasteiger partial charge in [-0.05, 0) is 37.1 Å². The highest BCUT2D eigenvalue weighted by atomic mass is 15.3. The maximum atomic E-state index is 4.64. The Morgan fingerprint density at radius 2 is 1.92 bits per heavy atom. The topological polar surface area (TPSA) is 68.0 Å². The highest BCUT2D eigenvalue weighted by Crippen LogP contribution is 2.27. The van der Waals surface area contributed by atoms with Gasteiger partial charge in [0, 0.05) is 41.1 Å². The number of hydrogen-bond donors (Lipinski definition) is 1. The molecule has 0 aliphatic heterocycles. The first-order valence-corrected chi connectivity index (χ1v) is 9.19. The monoisotopic (exact) mass is 344 g/mol. The van der Waals surface area contributed by atoms with E-state index < -0.39 is 0 Å². The molecule has 0 saturated heterocycles. The van der Waals surface area contributed by atoms with Gasteiger partial charge in [0.1, 0.15) is 0 Å². The van der Waals surface area contributed by atoms with Crippen molar-refractivity contribution in [3.8, 4) is 11.1 Å². The fraction of sp³-hybridized carbons (Fsp3) is 0.300. The molecule has 6 heteroatoms. The van der Waals surface area contributed by atoms with Crippen molar-refractivity contribution < 1.29 is 0 Å². The normalized spacial score (nSPS) is 15.5. The molecule has 1 fully saturated rings. The summed E-state index contributed by atoms with van der Waals surface area (Å²) in [4.78, 5) is 13.3. The Labute approximate surface area is 151 Å². The molecule has 4 aromatic rings. The molecule has 4 aromatic heterocycles. The summed E-state index contributed by atoms with van der Waals surface area (Å²) in [5, 5.41) is 9.15. The lowest BCUT2D eigenvalue weighted by molar-refractivity contribution is 0.460. The Morgan fingerprint density at radius 3 is 2.85 bits per heavy atom. The number of aromatic nitrogens is 5. The second kappa shape index (κ2) is 6.37. The minimum atomic E-state index is 0.494. The molecule has 5 rings (SSSR count). The lowest BCUT2D eigenvalue weighted by Crippen LogP contribution is -2.23. The van der Waals surface area contributed by atoms with Crippen molar-refractivity contribution in [1.82, 2.24) is 24.6 Å². The third-order valence-electron chi connectivity index (χ3n) is 5.12. The lowest BCUT2D eigenvalue weighted by atomic mass is 9.96. The molecule has 0 bridgehead atoms.